The van der Waals surface area contributed by atoms with Gasteiger partial charge in [0.15, 0.2) is 5.69 Å². The highest BCUT2D eigenvalue weighted by Gasteiger charge is 2.07. The Kier molecular flexibility index (Phi) is 3.15. The Hall–Kier alpha value is -1.69. The summed E-state index contributed by atoms with van der Waals surface area (Å²) in [6.45, 7) is 0. The average Bonchev–Trinajstić information content (AvgIpc) is 2.18. The molecule has 6 heteroatoms. The Morgan fingerprint density at radius 3 is 2.85 bits per heavy atom. The maximum absolute atomic E-state index is 11.1. The maximum atomic E-state index is 11.1. The number of carbonyl (C=O) groups is 1. The molecule has 1 amide bonds. The number of aromatic nitrogens is 2. The van der Waals surface area contributed by atoms with E-state index < -0.39 is 5.91 Å². The van der Waals surface area contributed by atoms with Gasteiger partial charge in [-0.1, -0.05) is 0 Å². The molecule has 0 fully saturated rings. The molecule has 0 spiro atoms. The molecule has 13 heavy (non-hydrogen) atoms. The summed E-state index contributed by atoms with van der Waals surface area (Å²) in [5, 5.41) is 0. The van der Waals surface area contributed by atoms with Gasteiger partial charge in [-0.15, -0.1) is 0 Å². The molecule has 1 heterocycles. The molecule has 0 saturated heterocycles. The fourth-order valence-electron chi connectivity index (χ4n) is 0.701. The third-order valence-electron chi connectivity index (χ3n) is 1.25. The molecule has 0 bridgehead atoms. The highest BCUT2D eigenvalue weighted by atomic mass is 16.6. The molecular formula is C7H9N3O3. The topological polar surface area (TPSA) is 73.3 Å². The summed E-state index contributed by atoms with van der Waals surface area (Å²) >= 11 is 0. The maximum Gasteiger partial charge on any atom is 0.295 e. The SMILES string of the molecule is CONC(=O)c1cncc(OC)n1. The van der Waals surface area contributed by atoms with Crippen LogP contribution in [0.1, 0.15) is 10.5 Å². The van der Waals surface area contributed by atoms with Crippen LogP contribution in [-0.2, 0) is 4.84 Å². The molecule has 0 radical (unpaired) electrons. The van der Waals surface area contributed by atoms with E-state index in [1.54, 1.807) is 0 Å². The summed E-state index contributed by atoms with van der Waals surface area (Å²) < 4.78 is 4.79. The number of carbonyl (C=O) groups excluding carboxylic acids is 1. The highest BCUT2D eigenvalue weighted by molar-refractivity contribution is 5.91. The standard InChI is InChI=1S/C7H9N3O3/c1-12-6-4-8-3-5(9-6)7(11)10-13-2/h3-4H,1-2H3,(H,10,11). The number of hydroxylamine groups is 1. The monoisotopic (exact) mass is 183 g/mol. The molecule has 0 aliphatic carbocycles. The zero-order valence-corrected chi connectivity index (χ0v) is 7.27. The Balaban J connectivity index is 2.82. The first kappa shape index (κ1) is 9.40. The number of hydrogen-bond acceptors (Lipinski definition) is 5. The van der Waals surface area contributed by atoms with Gasteiger partial charge in [0.05, 0.1) is 26.6 Å². The van der Waals surface area contributed by atoms with Gasteiger partial charge in [0.25, 0.3) is 5.91 Å². The normalized spacial score (nSPS) is 9.38. The molecule has 0 aromatic carbocycles. The van der Waals surface area contributed by atoms with Gasteiger partial charge in [-0.25, -0.2) is 10.5 Å². The highest BCUT2D eigenvalue weighted by Crippen LogP contribution is 2.03. The lowest BCUT2D eigenvalue weighted by molar-refractivity contribution is 0.0531. The van der Waals surface area contributed by atoms with Crippen molar-refractivity contribution in [2.75, 3.05) is 14.2 Å². The van der Waals surface area contributed by atoms with E-state index in [0.29, 0.717) is 0 Å². The molecule has 1 rings (SSSR count). The molecule has 1 N–H and O–H groups in total. The molecular weight excluding hydrogens is 174 g/mol. The first-order valence-corrected chi connectivity index (χ1v) is 3.47. The van der Waals surface area contributed by atoms with Crippen LogP contribution in [0.2, 0.25) is 0 Å². The third kappa shape index (κ3) is 2.38. The van der Waals surface area contributed by atoms with Crippen molar-refractivity contribution in [1.29, 1.82) is 0 Å². The summed E-state index contributed by atoms with van der Waals surface area (Å²) in [6, 6.07) is 0. The summed E-state index contributed by atoms with van der Waals surface area (Å²) in [5.41, 5.74) is 2.26. The predicted octanol–water partition coefficient (Wildman–Crippen LogP) is -0.224. The molecule has 6 nitrogen and oxygen atoms in total. The van der Waals surface area contributed by atoms with E-state index in [0.717, 1.165) is 0 Å². The fraction of sp³-hybridized carbons (Fsp3) is 0.286. The van der Waals surface area contributed by atoms with Crippen LogP contribution >= 0.6 is 0 Å². The second kappa shape index (κ2) is 4.36. The fourth-order valence-corrected chi connectivity index (χ4v) is 0.701. The second-order valence-electron chi connectivity index (χ2n) is 2.08. The summed E-state index contributed by atoms with van der Waals surface area (Å²) in [4.78, 5) is 23.1. The van der Waals surface area contributed by atoms with Crippen molar-refractivity contribution in [2.45, 2.75) is 0 Å². The lowest BCUT2D eigenvalue weighted by Gasteiger charge is -2.01. The number of ether oxygens (including phenoxy) is 1. The minimum absolute atomic E-state index is 0.140. The van der Waals surface area contributed by atoms with Gasteiger partial charge in [-0.3, -0.25) is 14.6 Å². The van der Waals surface area contributed by atoms with Gasteiger partial charge >= 0.3 is 0 Å². The van der Waals surface area contributed by atoms with Gasteiger partial charge < -0.3 is 4.74 Å². The number of methoxy groups -OCH3 is 1. The van der Waals surface area contributed by atoms with Crippen LogP contribution in [0.3, 0.4) is 0 Å². The zero-order valence-electron chi connectivity index (χ0n) is 7.27. The molecule has 70 valence electrons. The number of amides is 1. The van der Waals surface area contributed by atoms with E-state index in [2.05, 4.69) is 20.3 Å². The Bertz CT molecular complexity index is 303. The van der Waals surface area contributed by atoms with Crippen LogP contribution in [0.15, 0.2) is 12.4 Å². The lowest BCUT2D eigenvalue weighted by atomic mass is 10.4. The van der Waals surface area contributed by atoms with Crippen molar-refractivity contribution >= 4 is 5.91 Å². The van der Waals surface area contributed by atoms with Crippen molar-refractivity contribution in [3.05, 3.63) is 18.1 Å². The van der Waals surface area contributed by atoms with E-state index in [1.807, 2.05) is 0 Å². The summed E-state index contributed by atoms with van der Waals surface area (Å²) in [5.74, 6) is -0.183. The third-order valence-corrected chi connectivity index (χ3v) is 1.25. The smallest absolute Gasteiger partial charge is 0.295 e. The van der Waals surface area contributed by atoms with Gasteiger partial charge in [0.1, 0.15) is 0 Å². The Morgan fingerprint density at radius 1 is 1.46 bits per heavy atom. The van der Waals surface area contributed by atoms with Crippen LogP contribution in [0, 0.1) is 0 Å². The van der Waals surface area contributed by atoms with Gasteiger partial charge in [-0.05, 0) is 0 Å². The molecule has 0 saturated carbocycles. The summed E-state index contributed by atoms with van der Waals surface area (Å²) in [6.07, 6.45) is 2.72. The molecule has 1 aromatic heterocycles. The average molecular weight is 183 g/mol. The first-order valence-electron chi connectivity index (χ1n) is 3.47. The van der Waals surface area contributed by atoms with Gasteiger partial charge in [0.2, 0.25) is 5.88 Å². The van der Waals surface area contributed by atoms with Crippen molar-refractivity contribution in [2.24, 2.45) is 0 Å². The predicted molar refractivity (Wildman–Crippen MR) is 43.1 cm³/mol. The zero-order chi connectivity index (χ0) is 9.68. The Labute approximate surface area is 74.9 Å². The van der Waals surface area contributed by atoms with Crippen molar-refractivity contribution in [1.82, 2.24) is 15.4 Å². The number of rotatable bonds is 3. The minimum atomic E-state index is -0.464. The van der Waals surface area contributed by atoms with E-state index in [4.69, 9.17) is 4.74 Å². The minimum Gasteiger partial charge on any atom is -0.480 e. The lowest BCUT2D eigenvalue weighted by Crippen LogP contribution is -2.23. The van der Waals surface area contributed by atoms with Crippen molar-refractivity contribution < 1.29 is 14.4 Å². The van der Waals surface area contributed by atoms with Gasteiger partial charge in [0, 0.05) is 0 Å². The molecule has 1 aromatic rings. The van der Waals surface area contributed by atoms with Crippen LogP contribution < -0.4 is 10.2 Å². The number of hydrogen-bond donors (Lipinski definition) is 1. The van der Waals surface area contributed by atoms with Crippen LogP contribution in [0.25, 0.3) is 0 Å². The van der Waals surface area contributed by atoms with Crippen molar-refractivity contribution in [3.8, 4) is 5.88 Å². The Morgan fingerprint density at radius 2 is 2.23 bits per heavy atom. The molecule has 0 atom stereocenters. The van der Waals surface area contributed by atoms with Crippen LogP contribution in [-0.4, -0.2) is 30.1 Å². The molecule has 0 aliphatic heterocycles. The number of nitrogens with one attached hydrogen (secondary N) is 1. The van der Waals surface area contributed by atoms with Crippen LogP contribution in [0.5, 0.6) is 5.88 Å². The van der Waals surface area contributed by atoms with Crippen LogP contribution in [0.4, 0.5) is 0 Å². The van der Waals surface area contributed by atoms with E-state index >= 15 is 0 Å². The van der Waals surface area contributed by atoms with E-state index in [9.17, 15) is 4.79 Å². The van der Waals surface area contributed by atoms with E-state index in [1.165, 1.54) is 26.6 Å². The summed E-state index contributed by atoms with van der Waals surface area (Å²) in [7, 11) is 2.79. The first-order chi connectivity index (χ1) is 6.27. The van der Waals surface area contributed by atoms with Gasteiger partial charge in [-0.2, -0.15) is 0 Å². The van der Waals surface area contributed by atoms with E-state index in [-0.39, 0.29) is 11.6 Å². The second-order valence-corrected chi connectivity index (χ2v) is 2.08. The number of nitrogens with zero attached hydrogens (tertiary/aromatic N) is 2. The largest absolute Gasteiger partial charge is 0.480 e. The molecule has 0 aliphatic rings. The van der Waals surface area contributed by atoms with Crippen molar-refractivity contribution in [3.63, 3.8) is 0 Å². The quantitative estimate of drug-likeness (QED) is 0.655. The molecule has 0 unspecified atom stereocenters.